The maximum absolute atomic E-state index is 12.8. The first-order valence-corrected chi connectivity index (χ1v) is 8.40. The van der Waals surface area contributed by atoms with Gasteiger partial charge in [0, 0.05) is 58.1 Å². The molecule has 2 aliphatic heterocycles. The molecule has 0 radical (unpaired) electrons. The van der Waals surface area contributed by atoms with E-state index in [1.165, 1.54) is 5.56 Å². The number of piperazine rings is 1. The fourth-order valence-corrected chi connectivity index (χ4v) is 3.24. The predicted octanol–water partition coefficient (Wildman–Crippen LogP) is 1.02. The first-order chi connectivity index (χ1) is 11.8. The average molecular weight is 327 g/mol. The summed E-state index contributed by atoms with van der Waals surface area (Å²) in [5.41, 5.74) is 1.80. The maximum Gasteiger partial charge on any atom is 0.261 e. The molecule has 0 unspecified atom stereocenters. The van der Waals surface area contributed by atoms with Crippen LogP contribution in [0.1, 0.15) is 22.3 Å². The van der Waals surface area contributed by atoms with Crippen LogP contribution in [0.5, 0.6) is 5.88 Å². The zero-order valence-electron chi connectivity index (χ0n) is 13.6. The van der Waals surface area contributed by atoms with E-state index in [-0.39, 0.29) is 5.91 Å². The molecule has 0 aromatic carbocycles. The van der Waals surface area contributed by atoms with Crippen LogP contribution in [0.15, 0.2) is 30.7 Å². The van der Waals surface area contributed by atoms with E-state index in [2.05, 4.69) is 21.0 Å². The smallest absolute Gasteiger partial charge is 0.261 e. The predicted molar refractivity (Wildman–Crippen MR) is 87.8 cm³/mol. The van der Waals surface area contributed by atoms with Gasteiger partial charge in [-0.25, -0.2) is 4.68 Å². The van der Waals surface area contributed by atoms with E-state index >= 15 is 0 Å². The molecular weight excluding hydrogens is 306 g/mol. The second-order valence-electron chi connectivity index (χ2n) is 6.22. The number of hydrogen-bond donors (Lipinski definition) is 0. The van der Waals surface area contributed by atoms with Crippen molar-refractivity contribution in [2.45, 2.75) is 19.5 Å². The Hall–Kier alpha value is -2.41. The first kappa shape index (κ1) is 15.1. The van der Waals surface area contributed by atoms with Gasteiger partial charge in [-0.1, -0.05) is 6.07 Å². The summed E-state index contributed by atoms with van der Waals surface area (Å²) < 4.78 is 7.43. The zero-order chi connectivity index (χ0) is 16.4. The van der Waals surface area contributed by atoms with Crippen LogP contribution >= 0.6 is 0 Å². The fourth-order valence-electron chi connectivity index (χ4n) is 3.24. The van der Waals surface area contributed by atoms with Crippen molar-refractivity contribution in [1.29, 1.82) is 0 Å². The lowest BCUT2D eigenvalue weighted by Crippen LogP contribution is -2.48. The highest BCUT2D eigenvalue weighted by Gasteiger charge is 2.28. The Kier molecular flexibility index (Phi) is 4.17. The maximum atomic E-state index is 12.8. The highest BCUT2D eigenvalue weighted by molar-refractivity contribution is 5.96. The second-order valence-corrected chi connectivity index (χ2v) is 6.22. The van der Waals surface area contributed by atoms with Crippen LogP contribution in [0.2, 0.25) is 0 Å². The van der Waals surface area contributed by atoms with Gasteiger partial charge in [-0.05, 0) is 11.6 Å². The molecule has 1 saturated heterocycles. The monoisotopic (exact) mass is 327 g/mol. The number of aryl methyl sites for hydroxylation is 1. The molecule has 7 heteroatoms. The molecule has 24 heavy (non-hydrogen) atoms. The molecule has 1 fully saturated rings. The number of aromatic nitrogens is 3. The minimum atomic E-state index is 0.0270. The van der Waals surface area contributed by atoms with Gasteiger partial charge in [-0.2, -0.15) is 5.10 Å². The van der Waals surface area contributed by atoms with Gasteiger partial charge in [0.2, 0.25) is 5.88 Å². The number of carbonyl (C=O) groups excluding carboxylic acids is 1. The zero-order valence-corrected chi connectivity index (χ0v) is 13.6. The van der Waals surface area contributed by atoms with Crippen LogP contribution in [0.3, 0.4) is 0 Å². The fraction of sp³-hybridized carbons (Fsp3) is 0.471. The van der Waals surface area contributed by atoms with Crippen LogP contribution in [-0.4, -0.2) is 63.3 Å². The van der Waals surface area contributed by atoms with Crippen LogP contribution in [0.25, 0.3) is 0 Å². The second kappa shape index (κ2) is 6.60. The van der Waals surface area contributed by atoms with E-state index in [9.17, 15) is 4.79 Å². The van der Waals surface area contributed by atoms with Crippen molar-refractivity contribution in [2.75, 3.05) is 32.8 Å². The molecular formula is C17H21N5O2. The largest absolute Gasteiger partial charge is 0.477 e. The molecule has 4 rings (SSSR count). The summed E-state index contributed by atoms with van der Waals surface area (Å²) >= 11 is 0. The third kappa shape index (κ3) is 2.99. The van der Waals surface area contributed by atoms with Crippen molar-refractivity contribution in [3.8, 4) is 5.88 Å². The van der Waals surface area contributed by atoms with Gasteiger partial charge in [0.05, 0.1) is 12.8 Å². The van der Waals surface area contributed by atoms with Crippen molar-refractivity contribution in [3.05, 3.63) is 41.9 Å². The van der Waals surface area contributed by atoms with E-state index < -0.39 is 0 Å². The highest BCUT2D eigenvalue weighted by atomic mass is 16.5. The highest BCUT2D eigenvalue weighted by Crippen LogP contribution is 2.24. The third-order valence-corrected chi connectivity index (χ3v) is 4.56. The van der Waals surface area contributed by atoms with Crippen LogP contribution in [0, 0.1) is 0 Å². The summed E-state index contributed by atoms with van der Waals surface area (Å²) in [7, 11) is 0. The Balaban J connectivity index is 1.37. The van der Waals surface area contributed by atoms with E-state index in [4.69, 9.17) is 4.74 Å². The van der Waals surface area contributed by atoms with Gasteiger partial charge in [-0.3, -0.25) is 14.7 Å². The molecule has 0 saturated carbocycles. The first-order valence-electron chi connectivity index (χ1n) is 8.40. The standard InChI is InChI=1S/C17H21N5O2/c23-16(15-12-19-22-5-2-10-24-17(15)22)21-8-6-20(7-9-21)13-14-3-1-4-18-11-14/h1,3-4,11-12H,2,5-10,13H2. The topological polar surface area (TPSA) is 63.5 Å². The van der Waals surface area contributed by atoms with Crippen molar-refractivity contribution in [3.63, 3.8) is 0 Å². The Morgan fingerprint density at radius 1 is 1.17 bits per heavy atom. The quantitative estimate of drug-likeness (QED) is 0.842. The number of nitrogens with zero attached hydrogens (tertiary/aromatic N) is 5. The molecule has 2 aromatic rings. The summed E-state index contributed by atoms with van der Waals surface area (Å²) in [5, 5.41) is 4.27. The van der Waals surface area contributed by atoms with Gasteiger partial charge in [0.25, 0.3) is 5.91 Å². The van der Waals surface area contributed by atoms with Crippen molar-refractivity contribution in [1.82, 2.24) is 24.6 Å². The molecule has 4 heterocycles. The number of carbonyl (C=O) groups is 1. The number of hydrogen-bond acceptors (Lipinski definition) is 5. The molecule has 0 bridgehead atoms. The molecule has 0 spiro atoms. The van der Waals surface area contributed by atoms with Gasteiger partial charge in [0.15, 0.2) is 0 Å². The average Bonchev–Trinajstić information content (AvgIpc) is 3.07. The van der Waals surface area contributed by atoms with Gasteiger partial charge >= 0.3 is 0 Å². The Labute approximate surface area is 140 Å². The van der Waals surface area contributed by atoms with E-state index in [0.717, 1.165) is 45.7 Å². The normalized spacial score (nSPS) is 18.1. The molecule has 0 atom stereocenters. The van der Waals surface area contributed by atoms with Crippen molar-refractivity contribution < 1.29 is 9.53 Å². The molecule has 0 aliphatic carbocycles. The SMILES string of the molecule is O=C(c1cnn2c1OCCC2)N1CCN(Cc2cccnc2)CC1. The summed E-state index contributed by atoms with van der Waals surface area (Å²) in [6, 6.07) is 4.04. The summed E-state index contributed by atoms with van der Waals surface area (Å²) in [5.74, 6) is 0.656. The lowest BCUT2D eigenvalue weighted by molar-refractivity contribution is 0.0622. The van der Waals surface area contributed by atoms with Crippen molar-refractivity contribution in [2.24, 2.45) is 0 Å². The minimum Gasteiger partial charge on any atom is -0.477 e. The van der Waals surface area contributed by atoms with E-state index in [0.29, 0.717) is 18.1 Å². The number of rotatable bonds is 3. The van der Waals surface area contributed by atoms with Crippen LogP contribution in [-0.2, 0) is 13.1 Å². The van der Waals surface area contributed by atoms with Crippen LogP contribution in [0.4, 0.5) is 0 Å². The molecule has 0 N–H and O–H groups in total. The molecule has 7 nitrogen and oxygen atoms in total. The Morgan fingerprint density at radius 2 is 2.04 bits per heavy atom. The lowest BCUT2D eigenvalue weighted by Gasteiger charge is -2.34. The number of ether oxygens (including phenoxy) is 1. The summed E-state index contributed by atoms with van der Waals surface area (Å²) in [6.45, 7) is 5.54. The third-order valence-electron chi connectivity index (χ3n) is 4.56. The van der Waals surface area contributed by atoms with Gasteiger partial charge in [-0.15, -0.1) is 0 Å². The summed E-state index contributed by atoms with van der Waals surface area (Å²) in [6.07, 6.45) is 6.27. The molecule has 126 valence electrons. The number of amides is 1. The molecule has 2 aliphatic rings. The Bertz CT molecular complexity index is 707. The molecule has 2 aromatic heterocycles. The number of fused-ring (bicyclic) bond motifs is 1. The summed E-state index contributed by atoms with van der Waals surface area (Å²) in [4.78, 5) is 21.2. The van der Waals surface area contributed by atoms with E-state index in [1.54, 1.807) is 17.1 Å². The van der Waals surface area contributed by atoms with Gasteiger partial charge in [0.1, 0.15) is 5.56 Å². The lowest BCUT2D eigenvalue weighted by atomic mass is 10.2. The van der Waals surface area contributed by atoms with Crippen LogP contribution < -0.4 is 4.74 Å². The minimum absolute atomic E-state index is 0.0270. The Morgan fingerprint density at radius 3 is 2.83 bits per heavy atom. The number of pyridine rings is 1. The molecule has 1 amide bonds. The van der Waals surface area contributed by atoms with E-state index in [1.807, 2.05) is 17.2 Å². The van der Waals surface area contributed by atoms with Gasteiger partial charge < -0.3 is 9.64 Å². The van der Waals surface area contributed by atoms with Crippen molar-refractivity contribution >= 4 is 5.91 Å².